The van der Waals surface area contributed by atoms with Crippen molar-refractivity contribution in [2.75, 3.05) is 11.9 Å². The van der Waals surface area contributed by atoms with Gasteiger partial charge in [0.15, 0.2) is 11.6 Å². The van der Waals surface area contributed by atoms with Crippen molar-refractivity contribution in [2.24, 2.45) is 5.18 Å². The maximum Gasteiger partial charge on any atom is 0.416 e. The number of likely N-dealkylation sites (N-methyl/N-ethyl adjacent to an activating group) is 1. The Balaban J connectivity index is 1.98. The molecule has 2 aromatic carbocycles. The second-order valence-electron chi connectivity index (χ2n) is 6.85. The molecule has 0 spiro atoms. The van der Waals surface area contributed by atoms with Gasteiger partial charge in [0.1, 0.15) is 17.5 Å². The van der Waals surface area contributed by atoms with Crippen molar-refractivity contribution in [1.29, 1.82) is 0 Å². The minimum atomic E-state index is -4.77. The van der Waals surface area contributed by atoms with Gasteiger partial charge in [0.25, 0.3) is 5.91 Å². The van der Waals surface area contributed by atoms with Gasteiger partial charge in [-0.2, -0.15) is 18.1 Å². The van der Waals surface area contributed by atoms with E-state index in [4.69, 9.17) is 21.1 Å². The quantitative estimate of drug-likeness (QED) is 0.455. The highest BCUT2D eigenvalue weighted by Gasteiger charge is 2.48. The molecular formula is C19H15ClF4N2O4. The van der Waals surface area contributed by atoms with Gasteiger partial charge in [0.05, 0.1) is 16.3 Å². The van der Waals surface area contributed by atoms with E-state index >= 15 is 0 Å². The second-order valence-corrected chi connectivity index (χ2v) is 7.26. The first-order chi connectivity index (χ1) is 13.9. The van der Waals surface area contributed by atoms with Crippen LogP contribution in [0.25, 0.3) is 0 Å². The van der Waals surface area contributed by atoms with E-state index in [1.807, 2.05) is 0 Å². The Bertz CT molecular complexity index is 1010. The first-order valence-electron chi connectivity index (χ1n) is 8.56. The molecule has 0 saturated heterocycles. The van der Waals surface area contributed by atoms with Crippen LogP contribution in [-0.4, -0.2) is 24.6 Å². The van der Waals surface area contributed by atoms with Gasteiger partial charge in [-0.1, -0.05) is 16.8 Å². The van der Waals surface area contributed by atoms with Crippen molar-refractivity contribution in [1.82, 2.24) is 0 Å². The first kappa shape index (κ1) is 21.8. The van der Waals surface area contributed by atoms with Crippen LogP contribution in [0.5, 0.6) is 17.2 Å². The molecule has 0 bridgehead atoms. The molecule has 1 aliphatic rings. The molecule has 2 aromatic rings. The number of alkyl halides is 3. The normalized spacial score (nSPS) is 19.7. The van der Waals surface area contributed by atoms with Crippen LogP contribution in [0.1, 0.15) is 19.4 Å². The molecule has 0 saturated carbocycles. The van der Waals surface area contributed by atoms with Crippen LogP contribution in [0.4, 0.5) is 23.2 Å². The number of nitrogens with zero attached hydrogens (tertiary/aromatic N) is 2. The summed E-state index contributed by atoms with van der Waals surface area (Å²) in [7, 11) is 1.48. The van der Waals surface area contributed by atoms with E-state index in [1.54, 1.807) is 0 Å². The molecule has 1 aliphatic heterocycles. The van der Waals surface area contributed by atoms with Gasteiger partial charge < -0.3 is 14.4 Å². The van der Waals surface area contributed by atoms with Crippen molar-refractivity contribution in [3.8, 4) is 17.2 Å². The maximum absolute atomic E-state index is 14.2. The molecule has 0 N–H and O–H groups in total. The fraction of sp³-hybridized carbons (Fsp3) is 0.316. The number of hydrogen-bond acceptors (Lipinski definition) is 5. The summed E-state index contributed by atoms with van der Waals surface area (Å²) in [6.45, 7) is 2.82. The number of hydrogen-bond donors (Lipinski definition) is 0. The third-order valence-corrected chi connectivity index (χ3v) is 5.13. The molecule has 0 aromatic heterocycles. The maximum atomic E-state index is 14.2. The van der Waals surface area contributed by atoms with Crippen molar-refractivity contribution < 1.29 is 31.8 Å². The lowest BCUT2D eigenvalue weighted by atomic mass is 9.94. The van der Waals surface area contributed by atoms with Crippen molar-refractivity contribution in [3.05, 3.63) is 51.6 Å². The molecule has 0 fully saturated rings. The largest absolute Gasteiger partial charge is 0.473 e. The molecule has 0 aliphatic carbocycles. The number of halogens is 5. The number of ether oxygens (including phenoxy) is 2. The van der Waals surface area contributed by atoms with E-state index in [-0.39, 0.29) is 17.6 Å². The molecule has 30 heavy (non-hydrogen) atoms. The van der Waals surface area contributed by atoms with Crippen LogP contribution in [0, 0.1) is 10.7 Å². The summed E-state index contributed by atoms with van der Waals surface area (Å²) in [5, 5.41) is 2.30. The zero-order chi connectivity index (χ0) is 22.4. The monoisotopic (exact) mass is 446 g/mol. The van der Waals surface area contributed by atoms with Crippen LogP contribution >= 0.6 is 11.6 Å². The molecule has 1 amide bonds. The summed E-state index contributed by atoms with van der Waals surface area (Å²) in [5.41, 5.74) is -2.49. The summed E-state index contributed by atoms with van der Waals surface area (Å²) in [6, 6.07) is 3.92. The van der Waals surface area contributed by atoms with E-state index in [0.717, 1.165) is 0 Å². The SMILES string of the molecule is CC(N=O)C1(C)Oc2cc(Oc3c(F)cc(C(F)(F)F)cc3Cl)ccc2N(C)C1=O. The Morgan fingerprint density at radius 1 is 1.27 bits per heavy atom. The number of benzene rings is 2. The fourth-order valence-electron chi connectivity index (χ4n) is 2.93. The molecule has 6 nitrogen and oxygen atoms in total. The Kier molecular flexibility index (Phi) is 5.40. The number of fused-ring (bicyclic) bond motifs is 1. The van der Waals surface area contributed by atoms with E-state index in [2.05, 4.69) is 5.18 Å². The average molecular weight is 447 g/mol. The van der Waals surface area contributed by atoms with E-state index in [0.29, 0.717) is 11.8 Å². The highest BCUT2D eigenvalue weighted by atomic mass is 35.5. The number of rotatable bonds is 4. The number of anilines is 1. The second kappa shape index (κ2) is 7.42. The predicted octanol–water partition coefficient (Wildman–Crippen LogP) is 5.56. The van der Waals surface area contributed by atoms with Crippen molar-refractivity contribution >= 4 is 23.2 Å². The molecule has 1 heterocycles. The third kappa shape index (κ3) is 3.67. The Hall–Kier alpha value is -2.88. The van der Waals surface area contributed by atoms with Crippen LogP contribution in [0.2, 0.25) is 5.02 Å². The average Bonchev–Trinajstić information content (AvgIpc) is 2.67. The molecule has 160 valence electrons. The zero-order valence-electron chi connectivity index (χ0n) is 15.9. The smallest absolute Gasteiger partial charge is 0.416 e. The highest BCUT2D eigenvalue weighted by Crippen LogP contribution is 2.43. The fourth-order valence-corrected chi connectivity index (χ4v) is 3.18. The number of amides is 1. The molecule has 2 atom stereocenters. The standard InChI is InChI=1S/C19H15ClF4N2O4/c1-9(25-28)18(2)17(27)26(3)14-5-4-11(8-15(14)30-18)29-16-12(20)6-10(7-13(16)21)19(22,23)24/h4-9H,1-3H3. The van der Waals surface area contributed by atoms with E-state index in [9.17, 15) is 27.3 Å². The molecule has 0 radical (unpaired) electrons. The lowest BCUT2D eigenvalue weighted by Gasteiger charge is -2.40. The van der Waals surface area contributed by atoms with Crippen molar-refractivity contribution in [2.45, 2.75) is 31.7 Å². The molecule has 3 rings (SSSR count). The summed E-state index contributed by atoms with van der Waals surface area (Å²) in [5.74, 6) is -2.27. The number of carbonyl (C=O) groups is 1. The summed E-state index contributed by atoms with van der Waals surface area (Å²) in [4.78, 5) is 24.9. The Morgan fingerprint density at radius 2 is 1.93 bits per heavy atom. The van der Waals surface area contributed by atoms with Gasteiger partial charge in [-0.15, -0.1) is 0 Å². The van der Waals surface area contributed by atoms with E-state index in [1.165, 1.54) is 44.0 Å². The zero-order valence-corrected chi connectivity index (χ0v) is 16.6. The van der Waals surface area contributed by atoms with Gasteiger partial charge in [-0.05, 0) is 38.1 Å². The van der Waals surface area contributed by atoms with Gasteiger partial charge in [-0.25, -0.2) is 4.39 Å². The minimum absolute atomic E-state index is 0.00822. The van der Waals surface area contributed by atoms with Crippen LogP contribution in [-0.2, 0) is 11.0 Å². The van der Waals surface area contributed by atoms with Crippen LogP contribution in [0.15, 0.2) is 35.5 Å². The third-order valence-electron chi connectivity index (χ3n) is 4.84. The Labute approximate surface area is 173 Å². The summed E-state index contributed by atoms with van der Waals surface area (Å²) in [6.07, 6.45) is -4.77. The predicted molar refractivity (Wildman–Crippen MR) is 101 cm³/mol. The molecular weight excluding hydrogens is 432 g/mol. The first-order valence-corrected chi connectivity index (χ1v) is 8.94. The van der Waals surface area contributed by atoms with Crippen LogP contribution in [0.3, 0.4) is 0 Å². The minimum Gasteiger partial charge on any atom is -0.473 e. The van der Waals surface area contributed by atoms with Gasteiger partial charge in [0, 0.05) is 13.1 Å². The van der Waals surface area contributed by atoms with Crippen molar-refractivity contribution in [3.63, 3.8) is 0 Å². The lowest BCUT2D eigenvalue weighted by Crippen LogP contribution is -2.58. The Morgan fingerprint density at radius 3 is 2.50 bits per heavy atom. The summed E-state index contributed by atoms with van der Waals surface area (Å²) < 4.78 is 63.6. The molecule has 11 heteroatoms. The topological polar surface area (TPSA) is 68.2 Å². The molecule has 2 unspecified atom stereocenters. The number of nitroso groups, excluding NO2 is 1. The lowest BCUT2D eigenvalue weighted by molar-refractivity contribution is -0.137. The van der Waals surface area contributed by atoms with Crippen LogP contribution < -0.4 is 14.4 Å². The summed E-state index contributed by atoms with van der Waals surface area (Å²) >= 11 is 5.79. The van der Waals surface area contributed by atoms with Gasteiger partial charge >= 0.3 is 6.18 Å². The highest BCUT2D eigenvalue weighted by molar-refractivity contribution is 6.32. The van der Waals surface area contributed by atoms with E-state index < -0.39 is 45.9 Å². The van der Waals surface area contributed by atoms with Gasteiger partial charge in [-0.3, -0.25) is 4.79 Å². The number of carbonyl (C=O) groups excluding carboxylic acids is 1. The van der Waals surface area contributed by atoms with Gasteiger partial charge in [0.2, 0.25) is 5.60 Å².